The molecule has 0 radical (unpaired) electrons. The Kier molecular flexibility index (Phi) is 3.93. The van der Waals surface area contributed by atoms with Crippen LogP contribution in [0.2, 0.25) is 0 Å². The Morgan fingerprint density at radius 2 is 2.04 bits per heavy atom. The van der Waals surface area contributed by atoms with Gasteiger partial charge in [-0.1, -0.05) is 24.3 Å². The van der Waals surface area contributed by atoms with Crippen molar-refractivity contribution in [2.24, 2.45) is 0 Å². The van der Waals surface area contributed by atoms with E-state index in [9.17, 15) is 14.0 Å². The molecule has 0 aliphatic heterocycles. The summed E-state index contributed by atoms with van der Waals surface area (Å²) in [6, 6.07) is 11.2. The number of rotatable bonds is 4. The first kappa shape index (κ1) is 15.0. The lowest BCUT2D eigenvalue weighted by molar-refractivity contribution is 0.0521. The van der Waals surface area contributed by atoms with E-state index in [0.29, 0.717) is 17.4 Å². The van der Waals surface area contributed by atoms with Crippen LogP contribution in [0.4, 0.5) is 4.39 Å². The molecule has 4 nitrogen and oxygen atoms in total. The summed E-state index contributed by atoms with van der Waals surface area (Å²) in [5, 5.41) is 0.769. The number of esters is 1. The van der Waals surface area contributed by atoms with Gasteiger partial charge in [-0.3, -0.25) is 4.79 Å². The summed E-state index contributed by atoms with van der Waals surface area (Å²) < 4.78 is 18.5. The van der Waals surface area contributed by atoms with Crippen molar-refractivity contribution < 1.29 is 18.7 Å². The number of hydrogen-bond acceptors (Lipinski definition) is 3. The average molecular weight is 311 g/mol. The van der Waals surface area contributed by atoms with Crippen LogP contribution >= 0.6 is 0 Å². The predicted molar refractivity (Wildman–Crippen MR) is 85.0 cm³/mol. The molecular formula is C18H14FNO3. The quantitative estimate of drug-likeness (QED) is 0.586. The van der Waals surface area contributed by atoms with Gasteiger partial charge in [0, 0.05) is 22.0 Å². The highest BCUT2D eigenvalue weighted by atomic mass is 19.1. The molecule has 1 N–H and O–H groups in total. The van der Waals surface area contributed by atoms with Crippen molar-refractivity contribution >= 4 is 23.2 Å². The molecule has 0 aliphatic carbocycles. The van der Waals surface area contributed by atoms with E-state index in [2.05, 4.69) is 4.98 Å². The third-order valence-corrected chi connectivity index (χ3v) is 3.60. The van der Waals surface area contributed by atoms with Gasteiger partial charge in [0.2, 0.25) is 0 Å². The highest BCUT2D eigenvalue weighted by molar-refractivity contribution is 6.10. The molecule has 3 rings (SSSR count). The highest BCUT2D eigenvalue weighted by Crippen LogP contribution is 2.34. The molecule has 1 aromatic heterocycles. The number of fused-ring (bicyclic) bond motifs is 1. The van der Waals surface area contributed by atoms with Crippen molar-refractivity contribution in [3.05, 3.63) is 59.5 Å². The second-order valence-corrected chi connectivity index (χ2v) is 4.99. The molecule has 0 fully saturated rings. The van der Waals surface area contributed by atoms with Gasteiger partial charge in [0.25, 0.3) is 0 Å². The number of carbonyl (C=O) groups is 2. The van der Waals surface area contributed by atoms with Crippen LogP contribution in [0.25, 0.3) is 22.0 Å². The Morgan fingerprint density at radius 1 is 1.26 bits per heavy atom. The number of para-hydroxylation sites is 1. The van der Waals surface area contributed by atoms with Crippen LogP contribution in [0.5, 0.6) is 0 Å². The molecule has 23 heavy (non-hydrogen) atoms. The van der Waals surface area contributed by atoms with Gasteiger partial charge in [0.15, 0.2) is 6.29 Å². The van der Waals surface area contributed by atoms with Crippen LogP contribution in [0.1, 0.15) is 27.8 Å². The number of halogens is 1. The summed E-state index contributed by atoms with van der Waals surface area (Å²) >= 11 is 0. The Balaban J connectivity index is 2.33. The largest absolute Gasteiger partial charge is 0.461 e. The molecule has 5 heteroatoms. The maximum Gasteiger partial charge on any atom is 0.355 e. The lowest BCUT2D eigenvalue weighted by Gasteiger charge is -2.07. The molecule has 0 atom stereocenters. The highest BCUT2D eigenvalue weighted by Gasteiger charge is 2.22. The van der Waals surface area contributed by atoms with Gasteiger partial charge in [0.1, 0.15) is 11.5 Å². The number of H-pyrrole nitrogens is 1. The van der Waals surface area contributed by atoms with Gasteiger partial charge in [-0.15, -0.1) is 0 Å². The van der Waals surface area contributed by atoms with Crippen molar-refractivity contribution in [3.8, 4) is 11.1 Å². The van der Waals surface area contributed by atoms with Crippen molar-refractivity contribution in [1.29, 1.82) is 0 Å². The number of ether oxygens (including phenoxy) is 1. The number of aromatic amines is 1. The Hall–Kier alpha value is -2.95. The molecule has 0 amide bonds. The van der Waals surface area contributed by atoms with Gasteiger partial charge in [-0.25, -0.2) is 9.18 Å². The maximum atomic E-state index is 13.4. The van der Waals surface area contributed by atoms with Crippen molar-refractivity contribution in [1.82, 2.24) is 4.98 Å². The van der Waals surface area contributed by atoms with Crippen LogP contribution in [-0.4, -0.2) is 23.8 Å². The number of nitrogens with one attached hydrogen (secondary N) is 1. The third kappa shape index (κ3) is 2.61. The average Bonchev–Trinajstić information content (AvgIpc) is 2.94. The summed E-state index contributed by atoms with van der Waals surface area (Å²) in [5.41, 5.74) is 2.21. The van der Waals surface area contributed by atoms with Crippen LogP contribution in [0.3, 0.4) is 0 Å². The lowest BCUT2D eigenvalue weighted by Crippen LogP contribution is -2.07. The zero-order valence-electron chi connectivity index (χ0n) is 12.4. The van der Waals surface area contributed by atoms with E-state index in [1.54, 1.807) is 6.92 Å². The SMILES string of the molecule is CCOC(=O)c1[nH]c2ccccc2c1-c1ccc(F)cc1C=O. The minimum absolute atomic E-state index is 0.181. The van der Waals surface area contributed by atoms with Crippen molar-refractivity contribution in [2.45, 2.75) is 6.92 Å². The Labute approximate surface area is 131 Å². The van der Waals surface area contributed by atoms with E-state index in [4.69, 9.17) is 4.74 Å². The molecule has 0 aliphatic rings. The molecule has 0 saturated heterocycles. The summed E-state index contributed by atoms with van der Waals surface area (Å²) in [7, 11) is 0. The Bertz CT molecular complexity index is 898. The fraction of sp³-hybridized carbons (Fsp3) is 0.111. The number of aldehydes is 1. The fourth-order valence-corrected chi connectivity index (χ4v) is 2.64. The second-order valence-electron chi connectivity index (χ2n) is 4.99. The molecule has 1 heterocycles. The van der Waals surface area contributed by atoms with E-state index in [-0.39, 0.29) is 17.9 Å². The van der Waals surface area contributed by atoms with Gasteiger partial charge in [-0.05, 0) is 30.7 Å². The van der Waals surface area contributed by atoms with E-state index in [1.807, 2.05) is 24.3 Å². The van der Waals surface area contributed by atoms with Gasteiger partial charge in [0.05, 0.1) is 6.61 Å². The second kappa shape index (κ2) is 6.04. The first-order chi connectivity index (χ1) is 11.2. The first-order valence-corrected chi connectivity index (χ1v) is 7.18. The van der Waals surface area contributed by atoms with Gasteiger partial charge in [-0.2, -0.15) is 0 Å². The number of aromatic nitrogens is 1. The van der Waals surface area contributed by atoms with Crippen LogP contribution in [-0.2, 0) is 4.74 Å². The molecule has 0 bridgehead atoms. The molecule has 2 aromatic carbocycles. The number of hydrogen-bond donors (Lipinski definition) is 1. The normalized spacial score (nSPS) is 10.7. The standard InChI is InChI=1S/C18H14FNO3/c1-2-23-18(22)17-16(14-5-3-4-6-15(14)20-17)13-8-7-12(19)9-11(13)10-21/h3-10,20H,2H2,1H3. The minimum atomic E-state index is -0.514. The van der Waals surface area contributed by atoms with Gasteiger partial charge >= 0.3 is 5.97 Å². The molecular weight excluding hydrogens is 297 g/mol. The van der Waals surface area contributed by atoms with Crippen LogP contribution in [0, 0.1) is 5.82 Å². The topological polar surface area (TPSA) is 59.2 Å². The monoisotopic (exact) mass is 311 g/mol. The summed E-state index contributed by atoms with van der Waals surface area (Å²) in [6.07, 6.45) is 0.578. The molecule has 0 spiro atoms. The van der Waals surface area contributed by atoms with E-state index < -0.39 is 11.8 Å². The first-order valence-electron chi connectivity index (χ1n) is 7.18. The fourth-order valence-electron chi connectivity index (χ4n) is 2.64. The van der Waals surface area contributed by atoms with Gasteiger partial charge < -0.3 is 9.72 Å². The molecule has 0 saturated carbocycles. The van der Waals surface area contributed by atoms with Crippen molar-refractivity contribution in [2.75, 3.05) is 6.61 Å². The molecule has 3 aromatic rings. The minimum Gasteiger partial charge on any atom is -0.461 e. The zero-order valence-corrected chi connectivity index (χ0v) is 12.4. The summed E-state index contributed by atoms with van der Waals surface area (Å²) in [6.45, 7) is 1.95. The molecule has 0 unspecified atom stereocenters. The van der Waals surface area contributed by atoms with E-state index in [0.717, 1.165) is 17.0 Å². The van der Waals surface area contributed by atoms with Crippen LogP contribution in [0.15, 0.2) is 42.5 Å². The predicted octanol–water partition coefficient (Wildman–Crippen LogP) is 3.96. The maximum absolute atomic E-state index is 13.4. The summed E-state index contributed by atoms with van der Waals surface area (Å²) in [5.74, 6) is -1.02. The number of carbonyl (C=O) groups excluding carboxylic acids is 2. The van der Waals surface area contributed by atoms with Crippen LogP contribution < -0.4 is 0 Å². The molecule has 116 valence electrons. The zero-order chi connectivity index (χ0) is 16.4. The van der Waals surface area contributed by atoms with Crippen molar-refractivity contribution in [3.63, 3.8) is 0 Å². The van der Waals surface area contributed by atoms with E-state index >= 15 is 0 Å². The third-order valence-electron chi connectivity index (χ3n) is 3.60. The van der Waals surface area contributed by atoms with E-state index in [1.165, 1.54) is 12.1 Å². The number of benzene rings is 2. The Morgan fingerprint density at radius 3 is 2.78 bits per heavy atom. The smallest absolute Gasteiger partial charge is 0.355 e. The summed E-state index contributed by atoms with van der Waals surface area (Å²) in [4.78, 5) is 26.6. The lowest BCUT2D eigenvalue weighted by atomic mass is 9.97.